The molecule has 2 aliphatic rings. The first kappa shape index (κ1) is 9.97. The molecular formula is C10H14N4O. The van der Waals surface area contributed by atoms with Crippen molar-refractivity contribution in [2.24, 2.45) is 11.5 Å². The van der Waals surface area contributed by atoms with Crippen LogP contribution in [0.25, 0.3) is 0 Å². The summed E-state index contributed by atoms with van der Waals surface area (Å²) in [5.41, 5.74) is 11.9. The summed E-state index contributed by atoms with van der Waals surface area (Å²) >= 11 is 0. The minimum atomic E-state index is -1.09. The Balaban J connectivity index is 2.08. The average molecular weight is 206 g/mol. The first-order valence-corrected chi connectivity index (χ1v) is 4.64. The molecule has 2 heterocycles. The molecule has 6 N–H and O–H groups in total. The average Bonchev–Trinajstić information content (AvgIpc) is 2.18. The van der Waals surface area contributed by atoms with Crippen LogP contribution in [0.2, 0.25) is 0 Å². The Morgan fingerprint density at radius 2 is 1.27 bits per heavy atom. The third-order valence-corrected chi connectivity index (χ3v) is 2.06. The summed E-state index contributed by atoms with van der Waals surface area (Å²) in [5, 5.41) is 5.76. The van der Waals surface area contributed by atoms with E-state index in [4.69, 9.17) is 16.2 Å². The van der Waals surface area contributed by atoms with E-state index in [1.165, 1.54) is 0 Å². The Bertz CT molecular complexity index is 326. The second-order valence-electron chi connectivity index (χ2n) is 3.41. The molecule has 0 saturated heterocycles. The van der Waals surface area contributed by atoms with Crippen LogP contribution in [0.15, 0.2) is 48.9 Å². The van der Waals surface area contributed by atoms with Gasteiger partial charge in [-0.05, 0) is 24.3 Å². The van der Waals surface area contributed by atoms with Gasteiger partial charge in [-0.3, -0.25) is 16.2 Å². The fraction of sp³-hybridized carbons (Fsp3) is 0.200. The van der Waals surface area contributed by atoms with Crippen LogP contribution < -0.4 is 22.1 Å². The highest BCUT2D eigenvalue weighted by Gasteiger charge is 2.33. The molecule has 0 aromatic carbocycles. The molecule has 5 nitrogen and oxygen atoms in total. The van der Waals surface area contributed by atoms with Crippen molar-refractivity contribution in [3.63, 3.8) is 0 Å². The Morgan fingerprint density at radius 3 is 1.60 bits per heavy atom. The van der Waals surface area contributed by atoms with Gasteiger partial charge in [0, 0.05) is 12.4 Å². The van der Waals surface area contributed by atoms with Crippen LogP contribution in [-0.4, -0.2) is 11.7 Å². The third kappa shape index (κ3) is 2.27. The minimum absolute atomic E-state index is 1.09. The summed E-state index contributed by atoms with van der Waals surface area (Å²) in [7, 11) is 0. The molecule has 0 aromatic rings. The Hall–Kier alpha value is -1.56. The second-order valence-corrected chi connectivity index (χ2v) is 3.41. The summed E-state index contributed by atoms with van der Waals surface area (Å²) in [6.07, 6.45) is 14.0. The van der Waals surface area contributed by atoms with E-state index >= 15 is 0 Å². The van der Waals surface area contributed by atoms with E-state index in [9.17, 15) is 0 Å². The van der Waals surface area contributed by atoms with Gasteiger partial charge in [-0.25, -0.2) is 0 Å². The van der Waals surface area contributed by atoms with Gasteiger partial charge in [-0.2, -0.15) is 0 Å². The van der Waals surface area contributed by atoms with Crippen LogP contribution in [0.5, 0.6) is 0 Å². The zero-order valence-electron chi connectivity index (χ0n) is 8.18. The molecular weight excluding hydrogens is 192 g/mol. The Labute approximate surface area is 88.1 Å². The van der Waals surface area contributed by atoms with Gasteiger partial charge in [-0.1, -0.05) is 12.2 Å². The van der Waals surface area contributed by atoms with Crippen molar-refractivity contribution in [2.45, 2.75) is 11.7 Å². The predicted octanol–water partition coefficient (Wildman–Crippen LogP) is -0.426. The molecule has 2 unspecified atom stereocenters. The van der Waals surface area contributed by atoms with E-state index in [2.05, 4.69) is 10.6 Å². The van der Waals surface area contributed by atoms with Crippen LogP contribution >= 0.6 is 0 Å². The summed E-state index contributed by atoms with van der Waals surface area (Å²) in [4.78, 5) is 0. The Kier molecular flexibility index (Phi) is 2.36. The lowest BCUT2D eigenvalue weighted by Gasteiger charge is -2.38. The van der Waals surface area contributed by atoms with E-state index in [1.807, 2.05) is 12.2 Å². The van der Waals surface area contributed by atoms with E-state index in [0.29, 0.717) is 0 Å². The maximum absolute atomic E-state index is 5.93. The standard InChI is InChI=1S/C10H14N4O/c11-9(5-1-3-7-13-9)15-10(12)6-2-4-8-14-10/h1-8,13-14H,11-12H2. The number of ether oxygens (including phenoxy) is 1. The van der Waals surface area contributed by atoms with Crippen molar-refractivity contribution in [2.75, 3.05) is 0 Å². The van der Waals surface area contributed by atoms with Gasteiger partial charge in [0.1, 0.15) is 0 Å². The molecule has 0 aromatic heterocycles. The van der Waals surface area contributed by atoms with E-state index in [-0.39, 0.29) is 0 Å². The van der Waals surface area contributed by atoms with Crippen molar-refractivity contribution in [3.8, 4) is 0 Å². The number of nitrogens with two attached hydrogens (primary N) is 2. The molecule has 0 radical (unpaired) electrons. The summed E-state index contributed by atoms with van der Waals surface area (Å²) in [6, 6.07) is 0. The molecule has 2 rings (SSSR count). The fourth-order valence-electron chi connectivity index (χ4n) is 1.37. The van der Waals surface area contributed by atoms with Crippen molar-refractivity contribution in [3.05, 3.63) is 48.9 Å². The SMILES string of the molecule is NC1(OC2(N)C=CC=CN2)C=CC=CN1. The third-order valence-electron chi connectivity index (χ3n) is 2.06. The lowest BCUT2D eigenvalue weighted by molar-refractivity contribution is -0.124. The molecule has 0 spiro atoms. The smallest absolute Gasteiger partial charge is 0.217 e. The lowest BCUT2D eigenvalue weighted by atomic mass is 10.2. The molecule has 0 bridgehead atoms. The molecule has 0 amide bonds. The second kappa shape index (κ2) is 3.54. The van der Waals surface area contributed by atoms with Crippen molar-refractivity contribution in [1.82, 2.24) is 10.6 Å². The highest BCUT2D eigenvalue weighted by Crippen LogP contribution is 2.15. The zero-order valence-corrected chi connectivity index (χ0v) is 8.18. The summed E-state index contributed by atoms with van der Waals surface area (Å²) in [6.45, 7) is 0. The quantitative estimate of drug-likeness (QED) is 0.461. The monoisotopic (exact) mass is 206 g/mol. The van der Waals surface area contributed by atoms with Crippen molar-refractivity contribution in [1.29, 1.82) is 0 Å². The van der Waals surface area contributed by atoms with E-state index in [1.54, 1.807) is 36.7 Å². The predicted molar refractivity (Wildman–Crippen MR) is 57.8 cm³/mol. The lowest BCUT2D eigenvalue weighted by Crippen LogP contribution is -2.64. The van der Waals surface area contributed by atoms with Gasteiger partial charge in [0.15, 0.2) is 0 Å². The largest absolute Gasteiger partial charge is 0.348 e. The van der Waals surface area contributed by atoms with E-state index in [0.717, 1.165) is 0 Å². The number of dihydropyridines is 2. The van der Waals surface area contributed by atoms with Crippen LogP contribution in [0.1, 0.15) is 0 Å². The first-order valence-electron chi connectivity index (χ1n) is 4.64. The van der Waals surface area contributed by atoms with Crippen LogP contribution in [0, 0.1) is 0 Å². The van der Waals surface area contributed by atoms with Gasteiger partial charge >= 0.3 is 0 Å². The van der Waals surface area contributed by atoms with Crippen LogP contribution in [-0.2, 0) is 4.74 Å². The summed E-state index contributed by atoms with van der Waals surface area (Å²) in [5.74, 6) is -2.18. The van der Waals surface area contributed by atoms with Gasteiger partial charge < -0.3 is 10.6 Å². The molecule has 2 atom stereocenters. The maximum Gasteiger partial charge on any atom is 0.217 e. The molecule has 80 valence electrons. The van der Waals surface area contributed by atoms with Crippen LogP contribution in [0.4, 0.5) is 0 Å². The van der Waals surface area contributed by atoms with Crippen molar-refractivity contribution >= 4 is 0 Å². The zero-order chi connectivity index (χ0) is 10.8. The number of hydrogen-bond donors (Lipinski definition) is 4. The first-order chi connectivity index (χ1) is 7.12. The normalized spacial score (nSPS) is 37.5. The number of rotatable bonds is 2. The van der Waals surface area contributed by atoms with Crippen LogP contribution in [0.3, 0.4) is 0 Å². The summed E-state index contributed by atoms with van der Waals surface area (Å²) < 4.78 is 5.56. The number of allylic oxidation sites excluding steroid dienone is 4. The number of hydrogen-bond acceptors (Lipinski definition) is 5. The van der Waals surface area contributed by atoms with Crippen molar-refractivity contribution < 1.29 is 4.74 Å². The fourth-order valence-corrected chi connectivity index (χ4v) is 1.37. The molecule has 15 heavy (non-hydrogen) atoms. The highest BCUT2D eigenvalue weighted by molar-refractivity contribution is 5.18. The van der Waals surface area contributed by atoms with Gasteiger partial charge in [0.05, 0.1) is 0 Å². The maximum atomic E-state index is 5.93. The highest BCUT2D eigenvalue weighted by atomic mass is 16.6. The minimum Gasteiger partial charge on any atom is -0.348 e. The molecule has 5 heteroatoms. The van der Waals surface area contributed by atoms with Gasteiger partial charge in [0.25, 0.3) is 0 Å². The molecule has 0 aliphatic carbocycles. The molecule has 0 saturated carbocycles. The molecule has 2 aliphatic heterocycles. The topological polar surface area (TPSA) is 85.3 Å². The van der Waals surface area contributed by atoms with Gasteiger partial charge in [0.2, 0.25) is 11.7 Å². The van der Waals surface area contributed by atoms with E-state index < -0.39 is 11.7 Å². The Morgan fingerprint density at radius 1 is 0.800 bits per heavy atom. The van der Waals surface area contributed by atoms with Gasteiger partial charge in [-0.15, -0.1) is 0 Å². The number of nitrogens with one attached hydrogen (secondary N) is 2. The molecule has 0 fully saturated rings.